The Kier molecular flexibility index (Phi) is 8.01. The number of anilines is 1. The number of hydrogen-bond donors (Lipinski definition) is 2. The Morgan fingerprint density at radius 2 is 1.62 bits per heavy atom. The molecule has 0 aliphatic heterocycles. The first-order chi connectivity index (χ1) is 12.4. The molecular weight excluding hydrogens is 368 g/mol. The van der Waals surface area contributed by atoms with E-state index in [2.05, 4.69) is 10.6 Å². The van der Waals surface area contributed by atoms with Gasteiger partial charge in [0, 0.05) is 28.9 Å². The number of thioether (sulfide) groups is 1. The Balaban J connectivity index is 1.70. The van der Waals surface area contributed by atoms with Gasteiger partial charge in [-0.25, -0.2) is 0 Å². The van der Waals surface area contributed by atoms with E-state index in [0.29, 0.717) is 17.3 Å². The Morgan fingerprint density at radius 3 is 2.23 bits per heavy atom. The van der Waals surface area contributed by atoms with Crippen LogP contribution >= 0.6 is 23.4 Å². The van der Waals surface area contributed by atoms with Crippen LogP contribution in [-0.2, 0) is 21.9 Å². The molecule has 0 radical (unpaired) electrons. The van der Waals surface area contributed by atoms with Crippen molar-refractivity contribution in [3.05, 3.63) is 64.7 Å². The molecule has 0 aliphatic carbocycles. The summed E-state index contributed by atoms with van der Waals surface area (Å²) in [7, 11) is 0. The summed E-state index contributed by atoms with van der Waals surface area (Å²) in [5, 5.41) is 6.46. The topological polar surface area (TPSA) is 58.2 Å². The van der Waals surface area contributed by atoms with Gasteiger partial charge in [0.25, 0.3) is 0 Å². The van der Waals surface area contributed by atoms with E-state index in [1.807, 2.05) is 62.4 Å². The highest BCUT2D eigenvalue weighted by molar-refractivity contribution is 7.99. The molecule has 0 saturated heterocycles. The van der Waals surface area contributed by atoms with Crippen molar-refractivity contribution in [2.45, 2.75) is 26.1 Å². The highest BCUT2D eigenvalue weighted by atomic mass is 35.5. The maximum absolute atomic E-state index is 11.9. The minimum absolute atomic E-state index is 0.00107. The quantitative estimate of drug-likeness (QED) is 0.698. The maximum atomic E-state index is 11.9. The Bertz CT molecular complexity index is 730. The molecule has 2 rings (SSSR count). The lowest BCUT2D eigenvalue weighted by Gasteiger charge is -2.09. The zero-order valence-corrected chi connectivity index (χ0v) is 16.5. The van der Waals surface area contributed by atoms with Crippen LogP contribution in [0.25, 0.3) is 0 Å². The molecule has 0 heterocycles. The SMILES string of the molecule is CC(C)C(=O)Nc1ccc(CNC(=O)CSCc2ccc(Cl)cc2)cc1. The summed E-state index contributed by atoms with van der Waals surface area (Å²) in [6.07, 6.45) is 0. The highest BCUT2D eigenvalue weighted by Gasteiger charge is 2.07. The third kappa shape index (κ3) is 7.10. The second-order valence-corrected chi connectivity index (χ2v) is 7.66. The van der Waals surface area contributed by atoms with Crippen LogP contribution in [0.1, 0.15) is 25.0 Å². The van der Waals surface area contributed by atoms with Crippen LogP contribution in [0.15, 0.2) is 48.5 Å². The number of amides is 2. The van der Waals surface area contributed by atoms with Gasteiger partial charge >= 0.3 is 0 Å². The van der Waals surface area contributed by atoms with Gasteiger partial charge < -0.3 is 10.6 Å². The fourth-order valence-electron chi connectivity index (χ4n) is 2.09. The zero-order valence-electron chi connectivity index (χ0n) is 14.9. The van der Waals surface area contributed by atoms with E-state index >= 15 is 0 Å². The number of carbonyl (C=O) groups is 2. The minimum Gasteiger partial charge on any atom is -0.351 e. The minimum atomic E-state index is -0.0562. The number of benzene rings is 2. The van der Waals surface area contributed by atoms with Crippen molar-refractivity contribution in [2.75, 3.05) is 11.1 Å². The van der Waals surface area contributed by atoms with Crippen molar-refractivity contribution in [1.82, 2.24) is 5.32 Å². The van der Waals surface area contributed by atoms with Crippen LogP contribution in [0.2, 0.25) is 5.02 Å². The fourth-order valence-corrected chi connectivity index (χ4v) is 3.03. The van der Waals surface area contributed by atoms with Gasteiger partial charge in [0.1, 0.15) is 0 Å². The molecule has 4 nitrogen and oxygen atoms in total. The summed E-state index contributed by atoms with van der Waals surface area (Å²) in [6, 6.07) is 15.1. The molecule has 6 heteroatoms. The summed E-state index contributed by atoms with van der Waals surface area (Å²) in [4.78, 5) is 23.6. The van der Waals surface area contributed by atoms with E-state index < -0.39 is 0 Å². The summed E-state index contributed by atoms with van der Waals surface area (Å²) < 4.78 is 0. The number of rotatable bonds is 8. The van der Waals surface area contributed by atoms with Gasteiger partial charge in [-0.15, -0.1) is 11.8 Å². The van der Waals surface area contributed by atoms with Crippen LogP contribution in [0, 0.1) is 5.92 Å². The smallest absolute Gasteiger partial charge is 0.230 e. The van der Waals surface area contributed by atoms with E-state index in [9.17, 15) is 9.59 Å². The van der Waals surface area contributed by atoms with Crippen molar-refractivity contribution < 1.29 is 9.59 Å². The summed E-state index contributed by atoms with van der Waals surface area (Å²) in [5.41, 5.74) is 2.90. The van der Waals surface area contributed by atoms with Crippen molar-refractivity contribution in [3.63, 3.8) is 0 Å². The molecule has 2 amide bonds. The van der Waals surface area contributed by atoms with Crippen LogP contribution in [-0.4, -0.2) is 17.6 Å². The predicted molar refractivity (Wildman–Crippen MR) is 109 cm³/mol. The van der Waals surface area contributed by atoms with Gasteiger partial charge in [-0.2, -0.15) is 0 Å². The largest absolute Gasteiger partial charge is 0.351 e. The Morgan fingerprint density at radius 1 is 1.00 bits per heavy atom. The van der Waals surface area contributed by atoms with Crippen LogP contribution in [0.3, 0.4) is 0 Å². The van der Waals surface area contributed by atoms with Crippen molar-refractivity contribution in [2.24, 2.45) is 5.92 Å². The van der Waals surface area contributed by atoms with Gasteiger partial charge in [0.2, 0.25) is 11.8 Å². The normalized spacial score (nSPS) is 10.6. The van der Waals surface area contributed by atoms with E-state index in [1.165, 1.54) is 0 Å². The van der Waals surface area contributed by atoms with Crippen LogP contribution in [0.4, 0.5) is 5.69 Å². The molecule has 0 saturated carbocycles. The molecule has 2 aromatic rings. The van der Waals surface area contributed by atoms with Gasteiger partial charge in [-0.05, 0) is 35.4 Å². The van der Waals surface area contributed by atoms with Gasteiger partial charge in [-0.1, -0.05) is 49.7 Å². The lowest BCUT2D eigenvalue weighted by molar-refractivity contribution is -0.119. The van der Waals surface area contributed by atoms with Crippen molar-refractivity contribution in [1.29, 1.82) is 0 Å². The van der Waals surface area contributed by atoms with E-state index in [4.69, 9.17) is 11.6 Å². The van der Waals surface area contributed by atoms with Crippen LogP contribution in [0.5, 0.6) is 0 Å². The van der Waals surface area contributed by atoms with E-state index in [1.54, 1.807) is 11.8 Å². The second kappa shape index (κ2) is 10.2. The van der Waals surface area contributed by atoms with Crippen molar-refractivity contribution in [3.8, 4) is 0 Å². The first kappa shape index (κ1) is 20.3. The molecule has 0 unspecified atom stereocenters. The molecule has 2 N–H and O–H groups in total. The molecule has 0 atom stereocenters. The first-order valence-corrected chi connectivity index (χ1v) is 9.96. The van der Waals surface area contributed by atoms with Gasteiger partial charge in [0.15, 0.2) is 0 Å². The third-order valence-corrected chi connectivity index (χ3v) is 4.91. The van der Waals surface area contributed by atoms with Crippen molar-refractivity contribution >= 4 is 40.9 Å². The number of carbonyl (C=O) groups excluding carboxylic acids is 2. The predicted octanol–water partition coefficient (Wildman–Crippen LogP) is 4.48. The maximum Gasteiger partial charge on any atom is 0.230 e. The third-order valence-electron chi connectivity index (χ3n) is 3.65. The Labute approximate surface area is 163 Å². The summed E-state index contributed by atoms with van der Waals surface area (Å²) >= 11 is 7.42. The second-order valence-electron chi connectivity index (χ2n) is 6.24. The fraction of sp³-hybridized carbons (Fsp3) is 0.300. The zero-order chi connectivity index (χ0) is 18.9. The molecule has 0 bridgehead atoms. The average molecular weight is 391 g/mol. The molecule has 138 valence electrons. The lowest BCUT2D eigenvalue weighted by Crippen LogP contribution is -2.24. The molecular formula is C20H23ClN2O2S. The van der Waals surface area contributed by atoms with Gasteiger partial charge in [0.05, 0.1) is 5.75 Å². The number of hydrogen-bond acceptors (Lipinski definition) is 3. The molecule has 0 spiro atoms. The van der Waals surface area contributed by atoms with Gasteiger partial charge in [-0.3, -0.25) is 9.59 Å². The molecule has 2 aromatic carbocycles. The average Bonchev–Trinajstić information content (AvgIpc) is 2.62. The first-order valence-electron chi connectivity index (χ1n) is 8.42. The van der Waals surface area contributed by atoms with E-state index in [0.717, 1.165) is 22.6 Å². The molecule has 0 aromatic heterocycles. The summed E-state index contributed by atoms with van der Waals surface area (Å²) in [5.74, 6) is 1.12. The number of nitrogens with one attached hydrogen (secondary N) is 2. The highest BCUT2D eigenvalue weighted by Crippen LogP contribution is 2.15. The van der Waals surface area contributed by atoms with E-state index in [-0.39, 0.29) is 17.7 Å². The number of halogens is 1. The molecule has 0 aliphatic rings. The Hall–Kier alpha value is -1.98. The molecule has 26 heavy (non-hydrogen) atoms. The molecule has 0 fully saturated rings. The monoisotopic (exact) mass is 390 g/mol. The lowest BCUT2D eigenvalue weighted by atomic mass is 10.1. The van der Waals surface area contributed by atoms with Crippen LogP contribution < -0.4 is 10.6 Å². The standard InChI is InChI=1S/C20H23ClN2O2S/c1-14(2)20(25)23-18-9-5-15(6-10-18)11-22-19(24)13-26-12-16-3-7-17(21)8-4-16/h3-10,14H,11-13H2,1-2H3,(H,22,24)(H,23,25). The summed E-state index contributed by atoms with van der Waals surface area (Å²) in [6.45, 7) is 4.17.